The molecule has 116 valence electrons. The second-order valence-electron chi connectivity index (χ2n) is 5.40. The highest BCUT2D eigenvalue weighted by molar-refractivity contribution is 7.96. The maximum Gasteiger partial charge on any atom is 0.501 e. The molecule has 1 heterocycles. The smallest absolute Gasteiger partial charge is 0.367 e. The van der Waals surface area contributed by atoms with E-state index in [1.165, 1.54) is 0 Å². The van der Waals surface area contributed by atoms with Gasteiger partial charge in [0.2, 0.25) is 0 Å². The molecule has 0 spiro atoms. The van der Waals surface area contributed by atoms with Gasteiger partial charge in [-0.15, -0.1) is 5.06 Å². The van der Waals surface area contributed by atoms with Crippen molar-refractivity contribution < 1.29 is 31.2 Å². The zero-order chi connectivity index (χ0) is 15.8. The fourth-order valence-electron chi connectivity index (χ4n) is 1.36. The number of sulfone groups is 1. The lowest BCUT2D eigenvalue weighted by molar-refractivity contribution is -0.198. The molecule has 0 aliphatic carbocycles. The van der Waals surface area contributed by atoms with Crippen molar-refractivity contribution in [2.24, 2.45) is 5.41 Å². The predicted molar refractivity (Wildman–Crippen MR) is 64.8 cm³/mol. The van der Waals surface area contributed by atoms with Crippen LogP contribution < -0.4 is 0 Å². The van der Waals surface area contributed by atoms with Gasteiger partial charge in [-0.3, -0.25) is 0 Å². The van der Waals surface area contributed by atoms with Crippen molar-refractivity contribution in [3.63, 3.8) is 0 Å². The largest absolute Gasteiger partial charge is 0.501 e. The number of carbonyl (C=O) groups excluding carboxylic acids is 1. The van der Waals surface area contributed by atoms with E-state index in [0.717, 1.165) is 11.1 Å². The molecule has 0 aromatic carbocycles. The number of nitrogens with zero attached hydrogens (tertiary/aromatic N) is 1. The van der Waals surface area contributed by atoms with Crippen LogP contribution in [-0.4, -0.2) is 38.0 Å². The van der Waals surface area contributed by atoms with Crippen LogP contribution in [0.1, 0.15) is 27.2 Å². The zero-order valence-corrected chi connectivity index (χ0v) is 12.1. The summed E-state index contributed by atoms with van der Waals surface area (Å²) in [6.07, 6.45) is 1.06. The second-order valence-corrected chi connectivity index (χ2v) is 7.39. The predicted octanol–water partition coefficient (Wildman–Crippen LogP) is 2.01. The molecule has 0 atom stereocenters. The Bertz CT molecular complexity index is 517. The summed E-state index contributed by atoms with van der Waals surface area (Å²) >= 11 is 0. The van der Waals surface area contributed by atoms with Crippen LogP contribution in [0.5, 0.6) is 0 Å². The van der Waals surface area contributed by atoms with Gasteiger partial charge in [0.1, 0.15) is 0 Å². The van der Waals surface area contributed by atoms with Gasteiger partial charge in [0.15, 0.2) is 0 Å². The molecule has 0 radical (unpaired) electrons. The second kappa shape index (κ2) is 5.36. The fourth-order valence-corrected chi connectivity index (χ4v) is 2.31. The zero-order valence-electron chi connectivity index (χ0n) is 11.3. The van der Waals surface area contributed by atoms with Gasteiger partial charge >= 0.3 is 11.5 Å². The van der Waals surface area contributed by atoms with Crippen LogP contribution in [0.4, 0.5) is 13.2 Å². The lowest BCUT2D eigenvalue weighted by Crippen LogP contribution is -2.39. The minimum atomic E-state index is -5.38. The summed E-state index contributed by atoms with van der Waals surface area (Å²) in [4.78, 5) is 15.8. The van der Waals surface area contributed by atoms with Crippen LogP contribution in [0, 0.1) is 5.41 Å². The molecule has 0 fully saturated rings. The monoisotopic (exact) mass is 315 g/mol. The summed E-state index contributed by atoms with van der Waals surface area (Å²) in [5.74, 6) is -0.636. The van der Waals surface area contributed by atoms with E-state index in [-0.39, 0.29) is 13.0 Å². The molecule has 0 N–H and O–H groups in total. The molecule has 1 aliphatic rings. The molecule has 1 rings (SSSR count). The molecular formula is C11H16F3NO4S. The SMILES string of the molecule is CC(C)(C)C(=O)ON1CCC=C(S(=O)(=O)C(F)(F)F)C1. The molecular weight excluding hydrogens is 299 g/mol. The highest BCUT2D eigenvalue weighted by Gasteiger charge is 2.49. The van der Waals surface area contributed by atoms with E-state index in [1.807, 2.05) is 0 Å². The van der Waals surface area contributed by atoms with Crippen LogP contribution in [0.15, 0.2) is 11.0 Å². The van der Waals surface area contributed by atoms with Crippen molar-refractivity contribution in [2.45, 2.75) is 32.7 Å². The maximum absolute atomic E-state index is 12.4. The first-order valence-corrected chi connectivity index (χ1v) is 7.32. The Labute approximate surface area is 115 Å². The van der Waals surface area contributed by atoms with E-state index in [2.05, 4.69) is 0 Å². The van der Waals surface area contributed by atoms with Gasteiger partial charge in [0.25, 0.3) is 9.84 Å². The van der Waals surface area contributed by atoms with Crippen LogP contribution in [0.3, 0.4) is 0 Å². The molecule has 0 aromatic rings. The summed E-state index contributed by atoms with van der Waals surface area (Å²) in [5.41, 5.74) is -6.18. The first-order chi connectivity index (χ1) is 8.85. The topological polar surface area (TPSA) is 63.7 Å². The van der Waals surface area contributed by atoms with Gasteiger partial charge in [-0.05, 0) is 27.2 Å². The van der Waals surface area contributed by atoms with E-state index < -0.39 is 38.2 Å². The average molecular weight is 315 g/mol. The molecule has 0 bridgehead atoms. The van der Waals surface area contributed by atoms with Crippen LogP contribution >= 0.6 is 0 Å². The normalized spacial score (nSPS) is 18.6. The lowest BCUT2D eigenvalue weighted by atomic mass is 9.98. The van der Waals surface area contributed by atoms with E-state index in [9.17, 15) is 26.4 Å². The van der Waals surface area contributed by atoms with Gasteiger partial charge in [0.05, 0.1) is 16.9 Å². The summed E-state index contributed by atoms with van der Waals surface area (Å²) in [6.45, 7) is 4.32. The molecule has 0 unspecified atom stereocenters. The number of carbonyl (C=O) groups is 1. The molecule has 0 aromatic heterocycles. The highest BCUT2D eigenvalue weighted by atomic mass is 32.2. The summed E-state index contributed by atoms with van der Waals surface area (Å²) in [5, 5.41) is 0.937. The minimum absolute atomic E-state index is 0.0576. The Morgan fingerprint density at radius 1 is 1.30 bits per heavy atom. The number of hydrogen-bond donors (Lipinski definition) is 0. The third-order valence-electron chi connectivity index (χ3n) is 2.56. The van der Waals surface area contributed by atoms with Crippen LogP contribution in [0.25, 0.3) is 0 Å². The molecule has 20 heavy (non-hydrogen) atoms. The number of alkyl halides is 3. The number of hydrogen-bond acceptors (Lipinski definition) is 5. The summed E-state index contributed by atoms with van der Waals surface area (Å²) < 4.78 is 59.9. The molecule has 0 saturated heterocycles. The van der Waals surface area contributed by atoms with Crippen molar-refractivity contribution in [1.29, 1.82) is 0 Å². The van der Waals surface area contributed by atoms with Crippen molar-refractivity contribution in [2.75, 3.05) is 13.1 Å². The molecule has 0 amide bonds. The molecule has 5 nitrogen and oxygen atoms in total. The first kappa shape index (κ1) is 17.0. The summed E-state index contributed by atoms with van der Waals surface area (Å²) in [7, 11) is -5.38. The Balaban J connectivity index is 2.83. The van der Waals surface area contributed by atoms with Gasteiger partial charge in [-0.2, -0.15) is 13.2 Å². The minimum Gasteiger partial charge on any atom is -0.367 e. The molecule has 0 saturated carbocycles. The Hall–Kier alpha value is -1.09. The lowest BCUT2D eigenvalue weighted by Gasteiger charge is -2.28. The van der Waals surface area contributed by atoms with Crippen molar-refractivity contribution in [3.8, 4) is 0 Å². The van der Waals surface area contributed by atoms with E-state index in [0.29, 0.717) is 0 Å². The fraction of sp³-hybridized carbons (Fsp3) is 0.727. The number of halogens is 3. The Morgan fingerprint density at radius 3 is 2.30 bits per heavy atom. The van der Waals surface area contributed by atoms with Crippen LogP contribution in [0.2, 0.25) is 0 Å². The average Bonchev–Trinajstić information content (AvgIpc) is 2.26. The van der Waals surface area contributed by atoms with E-state index in [4.69, 9.17) is 4.84 Å². The Morgan fingerprint density at radius 2 is 1.85 bits per heavy atom. The number of rotatable bonds is 2. The number of hydroxylamine groups is 2. The van der Waals surface area contributed by atoms with Crippen molar-refractivity contribution in [1.82, 2.24) is 5.06 Å². The van der Waals surface area contributed by atoms with Crippen molar-refractivity contribution >= 4 is 15.8 Å². The third-order valence-corrected chi connectivity index (χ3v) is 4.15. The van der Waals surface area contributed by atoms with Gasteiger partial charge in [0, 0.05) is 6.54 Å². The highest BCUT2D eigenvalue weighted by Crippen LogP contribution is 2.31. The molecule has 9 heteroatoms. The Kier molecular flexibility index (Phi) is 4.55. The summed E-state index contributed by atoms with van der Waals surface area (Å²) in [6, 6.07) is 0. The van der Waals surface area contributed by atoms with Gasteiger partial charge in [-0.25, -0.2) is 13.2 Å². The quantitative estimate of drug-likeness (QED) is 0.780. The van der Waals surface area contributed by atoms with Gasteiger partial charge < -0.3 is 4.84 Å². The van der Waals surface area contributed by atoms with E-state index >= 15 is 0 Å². The van der Waals surface area contributed by atoms with Gasteiger partial charge in [-0.1, -0.05) is 6.08 Å². The first-order valence-electron chi connectivity index (χ1n) is 5.83. The molecule has 1 aliphatic heterocycles. The third kappa shape index (κ3) is 3.72. The standard InChI is InChI=1S/C11H16F3NO4S/c1-10(2,3)9(16)19-15-6-4-5-8(7-15)20(17,18)11(12,13)14/h5H,4,6-7H2,1-3H3. The van der Waals surface area contributed by atoms with Crippen molar-refractivity contribution in [3.05, 3.63) is 11.0 Å². The van der Waals surface area contributed by atoms with E-state index in [1.54, 1.807) is 20.8 Å². The maximum atomic E-state index is 12.4. The van der Waals surface area contributed by atoms with Crippen LogP contribution in [-0.2, 0) is 19.5 Å².